The maximum Gasteiger partial charge on any atom is 0.327 e. The quantitative estimate of drug-likeness (QED) is 0.851. The summed E-state index contributed by atoms with van der Waals surface area (Å²) in [5, 5.41) is 10.3. The van der Waals surface area contributed by atoms with E-state index in [0.29, 0.717) is 12.2 Å². The van der Waals surface area contributed by atoms with E-state index in [9.17, 15) is 9.59 Å². The summed E-state index contributed by atoms with van der Waals surface area (Å²) in [4.78, 5) is 23.6. The van der Waals surface area contributed by atoms with E-state index < -0.39 is 5.97 Å². The van der Waals surface area contributed by atoms with Gasteiger partial charge in [0.1, 0.15) is 6.54 Å². The Kier molecular flexibility index (Phi) is 5.33. The summed E-state index contributed by atoms with van der Waals surface area (Å²) >= 11 is 0. The molecule has 1 aromatic heterocycles. The molecule has 0 saturated carbocycles. The molecule has 0 radical (unpaired) electrons. The second-order valence-corrected chi connectivity index (χ2v) is 6.39. The van der Waals surface area contributed by atoms with Crippen molar-refractivity contribution in [3.05, 3.63) is 41.6 Å². The van der Waals surface area contributed by atoms with Crippen LogP contribution < -0.4 is 5.32 Å². The van der Waals surface area contributed by atoms with Crippen LogP contribution in [-0.2, 0) is 21.5 Å². The van der Waals surface area contributed by atoms with Crippen LogP contribution in [0.5, 0.6) is 0 Å². The van der Waals surface area contributed by atoms with Crippen molar-refractivity contribution in [3.63, 3.8) is 0 Å². The first-order valence-corrected chi connectivity index (χ1v) is 7.77. The molecule has 2 rings (SSSR count). The Morgan fingerprint density at radius 3 is 2.46 bits per heavy atom. The Morgan fingerprint density at radius 2 is 1.88 bits per heavy atom. The zero-order valence-electron chi connectivity index (χ0n) is 14.4. The number of rotatable bonds is 5. The maximum atomic E-state index is 12.2. The largest absolute Gasteiger partial charge is 0.465 e. The van der Waals surface area contributed by atoms with Crippen LogP contribution in [0.25, 0.3) is 0 Å². The summed E-state index contributed by atoms with van der Waals surface area (Å²) in [5.41, 5.74) is 1.72. The molecule has 1 heterocycles. The highest BCUT2D eigenvalue weighted by molar-refractivity contribution is 6.03. The van der Waals surface area contributed by atoms with Crippen LogP contribution >= 0.6 is 0 Å². The molecule has 0 saturated heterocycles. The van der Waals surface area contributed by atoms with E-state index in [2.05, 4.69) is 36.4 Å². The molecular weight excluding hydrogens is 308 g/mol. The van der Waals surface area contributed by atoms with Gasteiger partial charge in [-0.25, -0.2) is 4.68 Å². The van der Waals surface area contributed by atoms with Gasteiger partial charge in [-0.05, 0) is 30.0 Å². The van der Waals surface area contributed by atoms with Gasteiger partial charge in [0.15, 0.2) is 5.82 Å². The van der Waals surface area contributed by atoms with Gasteiger partial charge in [0.25, 0.3) is 5.91 Å². The summed E-state index contributed by atoms with van der Waals surface area (Å²) in [6, 6.07) is 7.43. The molecule has 7 nitrogen and oxygen atoms in total. The third kappa shape index (κ3) is 4.65. The second kappa shape index (κ2) is 7.25. The van der Waals surface area contributed by atoms with Gasteiger partial charge >= 0.3 is 5.97 Å². The molecule has 128 valence electrons. The highest BCUT2D eigenvalue weighted by atomic mass is 16.5. The summed E-state index contributed by atoms with van der Waals surface area (Å²) in [6.07, 6.45) is 1.48. The zero-order valence-corrected chi connectivity index (χ0v) is 14.4. The van der Waals surface area contributed by atoms with Gasteiger partial charge in [-0.15, -0.1) is 5.10 Å². The standard InChI is InChI=1S/C17H22N4O3/c1-5-24-15(22)11-21-10-14(19-20-21)18-16(23)12-6-8-13(9-7-12)17(2,3)4/h6-10H,5,11H2,1-4H3,(H,18,23). The average molecular weight is 330 g/mol. The number of ether oxygens (including phenoxy) is 1. The van der Waals surface area contributed by atoms with Crippen molar-refractivity contribution in [2.45, 2.75) is 39.7 Å². The van der Waals surface area contributed by atoms with E-state index in [4.69, 9.17) is 4.74 Å². The lowest BCUT2D eigenvalue weighted by Crippen LogP contribution is -2.15. The van der Waals surface area contributed by atoms with Gasteiger partial charge in [0.2, 0.25) is 0 Å². The molecule has 1 aromatic carbocycles. The number of esters is 1. The Bertz CT molecular complexity index is 714. The first-order chi connectivity index (χ1) is 11.3. The van der Waals surface area contributed by atoms with Crippen molar-refractivity contribution in [3.8, 4) is 0 Å². The smallest absolute Gasteiger partial charge is 0.327 e. The number of hydrogen-bond acceptors (Lipinski definition) is 5. The summed E-state index contributed by atoms with van der Waals surface area (Å²) in [5.74, 6) is -0.402. The van der Waals surface area contributed by atoms with Gasteiger partial charge in [-0.1, -0.05) is 38.1 Å². The first-order valence-electron chi connectivity index (χ1n) is 7.77. The number of nitrogens with one attached hydrogen (secondary N) is 1. The van der Waals surface area contributed by atoms with Crippen molar-refractivity contribution in [1.29, 1.82) is 0 Å². The first kappa shape index (κ1) is 17.7. The van der Waals surface area contributed by atoms with Crippen LogP contribution in [0.1, 0.15) is 43.6 Å². The van der Waals surface area contributed by atoms with E-state index in [0.717, 1.165) is 5.56 Å². The van der Waals surface area contributed by atoms with Gasteiger partial charge in [0.05, 0.1) is 12.8 Å². The molecule has 2 aromatic rings. The normalized spacial score (nSPS) is 11.2. The van der Waals surface area contributed by atoms with E-state index in [1.807, 2.05) is 12.1 Å². The number of aromatic nitrogens is 3. The fourth-order valence-electron chi connectivity index (χ4n) is 2.08. The third-order valence-electron chi connectivity index (χ3n) is 3.39. The molecule has 24 heavy (non-hydrogen) atoms. The summed E-state index contributed by atoms with van der Waals surface area (Å²) in [7, 11) is 0. The molecule has 0 atom stereocenters. The minimum absolute atomic E-state index is 0.0325. The Hall–Kier alpha value is -2.70. The number of carbonyl (C=O) groups is 2. The predicted molar refractivity (Wildman–Crippen MR) is 89.8 cm³/mol. The lowest BCUT2D eigenvalue weighted by atomic mass is 9.87. The molecule has 0 bridgehead atoms. The monoisotopic (exact) mass is 330 g/mol. The van der Waals surface area contributed by atoms with Crippen LogP contribution in [0.2, 0.25) is 0 Å². The minimum Gasteiger partial charge on any atom is -0.465 e. The van der Waals surface area contributed by atoms with Crippen LogP contribution in [0.4, 0.5) is 5.82 Å². The highest BCUT2D eigenvalue weighted by Gasteiger charge is 2.15. The van der Waals surface area contributed by atoms with Crippen LogP contribution in [0, 0.1) is 0 Å². The predicted octanol–water partition coefficient (Wildman–Crippen LogP) is 2.39. The van der Waals surface area contributed by atoms with Gasteiger partial charge in [-0.2, -0.15) is 0 Å². The number of carbonyl (C=O) groups excluding carboxylic acids is 2. The van der Waals surface area contributed by atoms with Crippen LogP contribution in [0.3, 0.4) is 0 Å². The van der Waals surface area contributed by atoms with Gasteiger partial charge in [0, 0.05) is 5.56 Å². The van der Waals surface area contributed by atoms with Crippen molar-refractivity contribution >= 4 is 17.7 Å². The maximum absolute atomic E-state index is 12.2. The van der Waals surface area contributed by atoms with Crippen molar-refractivity contribution in [1.82, 2.24) is 15.0 Å². The molecule has 0 aliphatic heterocycles. The lowest BCUT2D eigenvalue weighted by Gasteiger charge is -2.18. The van der Waals surface area contributed by atoms with E-state index >= 15 is 0 Å². The molecule has 0 aliphatic carbocycles. The fourth-order valence-corrected chi connectivity index (χ4v) is 2.08. The van der Waals surface area contributed by atoms with Crippen molar-refractivity contribution in [2.24, 2.45) is 0 Å². The molecule has 1 amide bonds. The summed E-state index contributed by atoms with van der Waals surface area (Å²) in [6.45, 7) is 8.34. The molecule has 0 fully saturated rings. The Morgan fingerprint density at radius 1 is 1.21 bits per heavy atom. The highest BCUT2D eigenvalue weighted by Crippen LogP contribution is 2.22. The minimum atomic E-state index is -0.405. The molecule has 1 N–H and O–H groups in total. The third-order valence-corrected chi connectivity index (χ3v) is 3.39. The van der Waals surface area contributed by atoms with E-state index in [1.165, 1.54) is 10.9 Å². The molecular formula is C17H22N4O3. The molecule has 0 aliphatic rings. The fraction of sp³-hybridized carbons (Fsp3) is 0.412. The van der Waals surface area contributed by atoms with Gasteiger partial charge in [-0.3, -0.25) is 9.59 Å². The SMILES string of the molecule is CCOC(=O)Cn1cc(NC(=O)c2ccc(C(C)(C)C)cc2)nn1. The Labute approximate surface area is 141 Å². The number of anilines is 1. The number of hydrogen-bond donors (Lipinski definition) is 1. The second-order valence-electron chi connectivity index (χ2n) is 6.39. The molecule has 0 spiro atoms. The number of nitrogens with zero attached hydrogens (tertiary/aromatic N) is 3. The van der Waals surface area contributed by atoms with Crippen LogP contribution in [0.15, 0.2) is 30.5 Å². The van der Waals surface area contributed by atoms with Gasteiger partial charge < -0.3 is 10.1 Å². The van der Waals surface area contributed by atoms with Crippen molar-refractivity contribution in [2.75, 3.05) is 11.9 Å². The topological polar surface area (TPSA) is 86.1 Å². The lowest BCUT2D eigenvalue weighted by molar-refractivity contribution is -0.144. The molecule has 0 unspecified atom stereocenters. The zero-order chi connectivity index (χ0) is 17.7. The molecule has 7 heteroatoms. The van der Waals surface area contributed by atoms with E-state index in [-0.39, 0.29) is 23.7 Å². The number of benzene rings is 1. The van der Waals surface area contributed by atoms with Crippen molar-refractivity contribution < 1.29 is 14.3 Å². The Balaban J connectivity index is 2.00. The average Bonchev–Trinajstić information content (AvgIpc) is 2.93. The van der Waals surface area contributed by atoms with Crippen LogP contribution in [-0.4, -0.2) is 33.5 Å². The summed E-state index contributed by atoms with van der Waals surface area (Å²) < 4.78 is 6.14. The van der Waals surface area contributed by atoms with E-state index in [1.54, 1.807) is 19.1 Å². The number of amides is 1.